The highest BCUT2D eigenvalue weighted by Crippen LogP contribution is 2.59. The van der Waals surface area contributed by atoms with Gasteiger partial charge in [-0.15, -0.1) is 0 Å². The number of fused-ring (bicyclic) bond motifs is 1. The van der Waals surface area contributed by atoms with Gasteiger partial charge in [0.05, 0.1) is 11.1 Å². The molecule has 0 unspecified atom stereocenters. The van der Waals surface area contributed by atoms with Crippen LogP contribution < -0.4 is 0 Å². The molecule has 1 heteroatoms. The van der Waals surface area contributed by atoms with E-state index in [0.29, 0.717) is 0 Å². The molecule has 156 valence electrons. The van der Waals surface area contributed by atoms with Crippen LogP contribution in [0.2, 0.25) is 0 Å². The fourth-order valence-electron chi connectivity index (χ4n) is 5.37. The highest BCUT2D eigenvalue weighted by atomic mass is 14.7. The minimum atomic E-state index is -0.451. The first-order valence-electron chi connectivity index (χ1n) is 11.3. The van der Waals surface area contributed by atoms with Gasteiger partial charge in [-0.1, -0.05) is 121 Å². The lowest BCUT2D eigenvalue weighted by Gasteiger charge is -2.36. The summed E-state index contributed by atoms with van der Waals surface area (Å²) in [6.07, 6.45) is 1.89. The van der Waals surface area contributed by atoms with Crippen LogP contribution in [0.25, 0.3) is 11.1 Å². The maximum absolute atomic E-state index is 4.83. The first kappa shape index (κ1) is 19.5. The Morgan fingerprint density at radius 2 is 1.03 bits per heavy atom. The Labute approximate surface area is 194 Å². The first-order chi connectivity index (χ1) is 16.4. The van der Waals surface area contributed by atoms with Crippen molar-refractivity contribution in [2.75, 3.05) is 0 Å². The lowest BCUT2D eigenvalue weighted by Crippen LogP contribution is -2.29. The zero-order valence-electron chi connectivity index (χ0n) is 18.2. The summed E-state index contributed by atoms with van der Waals surface area (Å²) in [5, 5.41) is 0. The van der Waals surface area contributed by atoms with Gasteiger partial charge in [-0.3, -0.25) is 4.98 Å². The molecule has 0 fully saturated rings. The maximum Gasteiger partial charge on any atom is 0.0720 e. The van der Waals surface area contributed by atoms with Gasteiger partial charge in [0.15, 0.2) is 0 Å². The second-order valence-electron chi connectivity index (χ2n) is 8.36. The summed E-state index contributed by atoms with van der Waals surface area (Å²) >= 11 is 0. The second-order valence-corrected chi connectivity index (χ2v) is 8.36. The van der Waals surface area contributed by atoms with Gasteiger partial charge in [0.2, 0.25) is 0 Å². The van der Waals surface area contributed by atoms with Crippen molar-refractivity contribution < 1.29 is 0 Å². The fourth-order valence-corrected chi connectivity index (χ4v) is 5.37. The molecule has 1 heterocycles. The summed E-state index contributed by atoms with van der Waals surface area (Å²) in [6, 6.07) is 47.6. The number of nitrogens with zero attached hydrogens (tertiary/aromatic N) is 1. The van der Waals surface area contributed by atoms with Crippen LogP contribution in [0.15, 0.2) is 140 Å². The molecule has 0 N–H and O–H groups in total. The topological polar surface area (TPSA) is 12.9 Å². The Bertz CT molecular complexity index is 1380. The lowest BCUT2D eigenvalue weighted by atomic mass is 9.65. The van der Waals surface area contributed by atoms with Crippen molar-refractivity contribution in [3.8, 4) is 0 Å². The molecule has 1 aromatic heterocycles. The molecule has 0 spiro atoms. The number of rotatable bonds is 4. The highest BCUT2D eigenvalue weighted by Gasteiger charge is 2.48. The van der Waals surface area contributed by atoms with Crippen LogP contribution in [0.1, 0.15) is 33.5 Å². The standard InChI is InChI=1S/C32H23N/c1-4-14-24(15-5-1)31-30(29-22-12-13-23-33-29)27-20-10-11-21-28(27)32(31,25-16-6-2-7-17-25)26-18-8-3-9-19-26/h1-23H. The Hall–Kier alpha value is -4.23. The average Bonchev–Trinajstić information content (AvgIpc) is 3.23. The molecule has 0 bridgehead atoms. The Morgan fingerprint density at radius 1 is 0.485 bits per heavy atom. The second kappa shape index (κ2) is 8.03. The third-order valence-electron chi connectivity index (χ3n) is 6.62. The monoisotopic (exact) mass is 421 g/mol. The van der Waals surface area contributed by atoms with Gasteiger partial charge in [0, 0.05) is 11.8 Å². The third kappa shape index (κ3) is 2.97. The molecule has 0 atom stereocenters. The van der Waals surface area contributed by atoms with E-state index in [4.69, 9.17) is 4.98 Å². The maximum atomic E-state index is 4.83. The molecular formula is C32H23N. The average molecular weight is 422 g/mol. The largest absolute Gasteiger partial charge is 0.256 e. The number of allylic oxidation sites excluding steroid dienone is 1. The molecule has 0 radical (unpaired) electrons. The van der Waals surface area contributed by atoms with Crippen LogP contribution in [0.5, 0.6) is 0 Å². The fraction of sp³-hybridized carbons (Fsp3) is 0.0312. The van der Waals surface area contributed by atoms with E-state index in [9.17, 15) is 0 Å². The van der Waals surface area contributed by atoms with E-state index in [0.717, 1.165) is 5.69 Å². The lowest BCUT2D eigenvalue weighted by molar-refractivity contribution is 0.814. The minimum absolute atomic E-state index is 0.451. The summed E-state index contributed by atoms with van der Waals surface area (Å²) in [5.74, 6) is 0. The summed E-state index contributed by atoms with van der Waals surface area (Å²) in [4.78, 5) is 4.83. The quantitative estimate of drug-likeness (QED) is 0.295. The number of hydrogen-bond acceptors (Lipinski definition) is 1. The molecule has 1 aliphatic carbocycles. The normalized spacial score (nSPS) is 14.2. The van der Waals surface area contributed by atoms with Gasteiger partial charge >= 0.3 is 0 Å². The van der Waals surface area contributed by atoms with Crippen molar-refractivity contribution >= 4 is 11.1 Å². The van der Waals surface area contributed by atoms with Gasteiger partial charge < -0.3 is 0 Å². The molecule has 0 saturated carbocycles. The number of aromatic nitrogens is 1. The molecule has 5 aromatic rings. The van der Waals surface area contributed by atoms with Crippen LogP contribution in [-0.4, -0.2) is 4.98 Å². The number of hydrogen-bond donors (Lipinski definition) is 0. The zero-order chi connectivity index (χ0) is 22.1. The van der Waals surface area contributed by atoms with Gasteiger partial charge in [-0.25, -0.2) is 0 Å². The minimum Gasteiger partial charge on any atom is -0.256 e. The van der Waals surface area contributed by atoms with E-state index < -0.39 is 5.41 Å². The van der Waals surface area contributed by atoms with Gasteiger partial charge in [-0.05, 0) is 45.5 Å². The van der Waals surface area contributed by atoms with Crippen molar-refractivity contribution in [2.45, 2.75) is 5.41 Å². The van der Waals surface area contributed by atoms with Crippen molar-refractivity contribution in [2.24, 2.45) is 0 Å². The van der Waals surface area contributed by atoms with Crippen molar-refractivity contribution in [3.63, 3.8) is 0 Å². The van der Waals surface area contributed by atoms with E-state index in [1.807, 2.05) is 12.3 Å². The smallest absolute Gasteiger partial charge is 0.0720 e. The molecule has 0 saturated heterocycles. The van der Waals surface area contributed by atoms with Crippen LogP contribution in [0.4, 0.5) is 0 Å². The van der Waals surface area contributed by atoms with E-state index >= 15 is 0 Å². The zero-order valence-corrected chi connectivity index (χ0v) is 18.2. The van der Waals surface area contributed by atoms with Crippen LogP contribution in [0, 0.1) is 0 Å². The predicted molar refractivity (Wildman–Crippen MR) is 136 cm³/mol. The molecule has 0 aliphatic heterocycles. The Morgan fingerprint density at radius 3 is 1.64 bits per heavy atom. The van der Waals surface area contributed by atoms with Crippen molar-refractivity contribution in [1.29, 1.82) is 0 Å². The van der Waals surface area contributed by atoms with E-state index in [1.54, 1.807) is 0 Å². The summed E-state index contributed by atoms with van der Waals surface area (Å²) in [5.41, 5.74) is 9.28. The summed E-state index contributed by atoms with van der Waals surface area (Å²) < 4.78 is 0. The molecule has 1 aliphatic rings. The molecule has 4 aromatic carbocycles. The van der Waals surface area contributed by atoms with Crippen LogP contribution >= 0.6 is 0 Å². The Kier molecular flexibility index (Phi) is 4.74. The Balaban J connectivity index is 1.85. The van der Waals surface area contributed by atoms with E-state index in [2.05, 4.69) is 127 Å². The SMILES string of the molecule is c1ccc(C2=C(c3ccccn3)c3ccccc3C2(c2ccccc2)c2ccccc2)cc1. The highest BCUT2D eigenvalue weighted by molar-refractivity contribution is 6.10. The van der Waals surface area contributed by atoms with Gasteiger partial charge in [-0.2, -0.15) is 0 Å². The third-order valence-corrected chi connectivity index (χ3v) is 6.62. The van der Waals surface area contributed by atoms with Crippen LogP contribution in [0.3, 0.4) is 0 Å². The summed E-state index contributed by atoms with van der Waals surface area (Å²) in [6.45, 7) is 0. The van der Waals surface area contributed by atoms with Crippen molar-refractivity contribution in [3.05, 3.63) is 173 Å². The van der Waals surface area contributed by atoms with Crippen LogP contribution in [-0.2, 0) is 5.41 Å². The van der Waals surface area contributed by atoms with Crippen molar-refractivity contribution in [1.82, 2.24) is 4.98 Å². The molecule has 33 heavy (non-hydrogen) atoms. The van der Waals surface area contributed by atoms with Gasteiger partial charge in [0.1, 0.15) is 0 Å². The molecule has 1 nitrogen and oxygen atoms in total. The number of benzene rings is 4. The predicted octanol–water partition coefficient (Wildman–Crippen LogP) is 7.39. The summed E-state index contributed by atoms with van der Waals surface area (Å²) in [7, 11) is 0. The van der Waals surface area contributed by atoms with E-state index in [-0.39, 0.29) is 0 Å². The first-order valence-corrected chi connectivity index (χ1v) is 11.3. The molecule has 0 amide bonds. The number of pyridine rings is 1. The molecule has 6 rings (SSSR count). The molecular weight excluding hydrogens is 398 g/mol. The van der Waals surface area contributed by atoms with Gasteiger partial charge in [0.25, 0.3) is 0 Å². The van der Waals surface area contributed by atoms with E-state index in [1.165, 1.54) is 39.0 Å².